The molecule has 27 nitrogen and oxygen atoms in total. The van der Waals surface area contributed by atoms with E-state index in [-0.39, 0.29) is 58.1 Å². The molecule has 2 unspecified atom stereocenters. The number of hydrogen-bond acceptors (Lipinski definition) is 26. The molecule has 2 aliphatic carbocycles. The molecule has 1 amide bonds. The van der Waals surface area contributed by atoms with Crippen LogP contribution in [0.3, 0.4) is 0 Å². The molecule has 0 fully saturated rings. The van der Waals surface area contributed by atoms with Gasteiger partial charge in [-0.25, -0.2) is 4.79 Å². The Labute approximate surface area is 676 Å². The second kappa shape index (κ2) is 31.7. The van der Waals surface area contributed by atoms with E-state index < -0.39 is 5.97 Å². The van der Waals surface area contributed by atoms with Crippen molar-refractivity contribution in [3.05, 3.63) is 180 Å². The van der Waals surface area contributed by atoms with Crippen molar-refractivity contribution in [2.45, 2.75) is 31.6 Å². The van der Waals surface area contributed by atoms with Gasteiger partial charge in [-0.3, -0.25) is 24.7 Å². The van der Waals surface area contributed by atoms with Crippen LogP contribution in [-0.2, 0) is 17.6 Å². The summed E-state index contributed by atoms with van der Waals surface area (Å²) in [7, 11) is 16.8. The summed E-state index contributed by atoms with van der Waals surface area (Å²) < 4.78 is 93.5. The normalized spacial score (nSPS) is 14.4. The van der Waals surface area contributed by atoms with Crippen LogP contribution in [0.1, 0.15) is 61.7 Å². The third kappa shape index (κ3) is 13.6. The molecule has 0 saturated heterocycles. The van der Waals surface area contributed by atoms with Gasteiger partial charge in [-0.15, -0.1) is 0 Å². The average molecular weight is 1590 g/mol. The van der Waals surface area contributed by atoms with Gasteiger partial charge in [0.2, 0.25) is 27.2 Å². The molecule has 8 heterocycles. The number of methoxy groups -OCH3 is 8. The highest BCUT2D eigenvalue weighted by atomic mass is 16.7. The topological polar surface area (TPSA) is 304 Å². The van der Waals surface area contributed by atoms with E-state index in [0.29, 0.717) is 122 Å². The Hall–Kier alpha value is -13.9. The maximum absolute atomic E-state index is 13.4. The lowest BCUT2D eigenvalue weighted by atomic mass is 9.76. The number of carbonyl (C=O) groups excluding carboxylic acids is 2. The second-order valence-electron chi connectivity index (χ2n) is 28.8. The number of nitrogens with one attached hydrogen (secondary N) is 1. The minimum Gasteiger partial charge on any atom is -0.493 e. The van der Waals surface area contributed by atoms with Gasteiger partial charge in [0, 0.05) is 139 Å². The van der Waals surface area contributed by atoms with Crippen LogP contribution in [0.4, 0.5) is 0 Å². The number of rotatable bonds is 16. The van der Waals surface area contributed by atoms with Gasteiger partial charge in [0.15, 0.2) is 92.0 Å². The average Bonchev–Trinajstić information content (AvgIpc) is 1.05. The number of ether oxygens (including phenoxy) is 17. The summed E-state index contributed by atoms with van der Waals surface area (Å²) in [5.41, 5.74) is 19.6. The van der Waals surface area contributed by atoms with Crippen molar-refractivity contribution in [3.63, 3.8) is 0 Å². The summed E-state index contributed by atoms with van der Waals surface area (Å²) >= 11 is 0. The lowest BCUT2D eigenvalue weighted by Gasteiger charge is -2.29. The molecule has 10 aromatic carbocycles. The van der Waals surface area contributed by atoms with E-state index in [1.807, 2.05) is 141 Å². The van der Waals surface area contributed by atoms with E-state index in [0.717, 1.165) is 144 Å². The molecular weight excluding hydrogens is 1510 g/mol. The molecule has 4 aliphatic heterocycles. The molecule has 2 atom stereocenters. The standard InChI is InChI=1S/C25H25N3O5.C23H19NO6.C22H20N2O4.C21H19NO5/c1-28(2)6-5-26-25(29)17-7-14-8-20(30-3)21(31-4)9-15(14)18-12-27-19-11-23-22(32-13-33-23)10-16(19)24(17)18;1-4-28-23(25)15-5-12-6-18(26-2)19(27-3)7-13(12)16-10-24-17-9-21-20(29-11-30-21)8-14(17)22(15)16;1-11(23)13-4-12-5-18(25-2)19(26-3)6-14(12)16-9-24-17-8-21-20(27-10-28-21)7-15(17)22(13)16;1-24-17-4-11-3-12(9-23)21-14-6-19-20(27-10-26-19)7-16(14)22-8-15(21)13(11)5-18(17)25-2/h7-12H,5-6,13H2,1-4H3,(H,26,29);5-10H,4,11H2,1-3H3;5-9,13H,1,4,10,23H2,2-3H3;4-8,12,23H,3,9-10H2,1-2H3. The van der Waals surface area contributed by atoms with Crippen LogP contribution in [0, 0.1) is 0 Å². The zero-order chi connectivity index (χ0) is 81.9. The van der Waals surface area contributed by atoms with E-state index in [1.54, 1.807) is 76.2 Å². The van der Waals surface area contributed by atoms with Gasteiger partial charge in [-0.1, -0.05) is 6.58 Å². The quantitative estimate of drug-likeness (QED) is 0.0598. The lowest BCUT2D eigenvalue weighted by molar-refractivity contribution is 0.0528. The van der Waals surface area contributed by atoms with E-state index in [2.05, 4.69) is 31.8 Å². The Kier molecular flexibility index (Phi) is 20.6. The number of nitrogens with two attached hydrogens (primary N) is 1. The highest BCUT2D eigenvalue weighted by molar-refractivity contribution is 6.26. The summed E-state index contributed by atoms with van der Waals surface area (Å²) in [6, 6.07) is 34.5. The Morgan fingerprint density at radius 3 is 1.23 bits per heavy atom. The summed E-state index contributed by atoms with van der Waals surface area (Å²) in [5.74, 6) is 9.93. The van der Waals surface area contributed by atoms with Crippen LogP contribution in [0.15, 0.2) is 146 Å². The van der Waals surface area contributed by atoms with Crippen LogP contribution in [-0.4, -0.2) is 166 Å². The molecule has 4 aromatic heterocycles. The fraction of sp³-hybridized carbons (Fsp3) is 0.253. The molecular formula is C91H83N7O20. The van der Waals surface area contributed by atoms with Gasteiger partial charge >= 0.3 is 5.97 Å². The van der Waals surface area contributed by atoms with Crippen molar-refractivity contribution >= 4 is 98.6 Å². The van der Waals surface area contributed by atoms with Crippen LogP contribution >= 0.6 is 0 Å². The maximum atomic E-state index is 13.4. The number of esters is 1. The number of aromatic nitrogens is 4. The number of nitrogens with zero attached hydrogens (tertiary/aromatic N) is 5. The fourth-order valence-corrected chi connectivity index (χ4v) is 16.4. The van der Waals surface area contributed by atoms with Gasteiger partial charge in [-0.05, 0) is 174 Å². The minimum absolute atomic E-state index is 0.0310. The van der Waals surface area contributed by atoms with Crippen molar-refractivity contribution in [1.29, 1.82) is 0 Å². The molecule has 4 N–H and O–H groups in total. The highest BCUT2D eigenvalue weighted by Gasteiger charge is 2.34. The highest BCUT2D eigenvalue weighted by Crippen LogP contribution is 2.53. The van der Waals surface area contributed by atoms with Crippen LogP contribution in [0.2, 0.25) is 0 Å². The second-order valence-corrected chi connectivity index (χ2v) is 28.8. The zero-order valence-corrected chi connectivity index (χ0v) is 66.7. The Morgan fingerprint density at radius 1 is 0.441 bits per heavy atom. The van der Waals surface area contributed by atoms with Gasteiger partial charge in [0.05, 0.1) is 97.7 Å². The van der Waals surface area contributed by atoms with Crippen LogP contribution in [0.5, 0.6) is 92.0 Å². The van der Waals surface area contributed by atoms with E-state index in [4.69, 9.17) is 86.3 Å². The first-order valence-electron chi connectivity index (χ1n) is 38.0. The molecule has 0 bridgehead atoms. The number of carbonyl (C=O) groups is 2. The monoisotopic (exact) mass is 1590 g/mol. The van der Waals surface area contributed by atoms with Crippen molar-refractivity contribution in [2.75, 3.05) is 124 Å². The van der Waals surface area contributed by atoms with Crippen LogP contribution < -0.4 is 86.8 Å². The predicted octanol–water partition coefficient (Wildman–Crippen LogP) is 15.1. The summed E-state index contributed by atoms with van der Waals surface area (Å²) in [4.78, 5) is 46.9. The number of allylic oxidation sites excluding steroid dienone is 1. The van der Waals surface area contributed by atoms with Gasteiger partial charge in [-0.2, -0.15) is 0 Å². The molecule has 27 heteroatoms. The third-order valence-corrected chi connectivity index (χ3v) is 22.1. The van der Waals surface area contributed by atoms with Crippen molar-refractivity contribution in [3.8, 4) is 114 Å². The SMILES string of the molecule is C=C(N)C1Cc2cc(OC)c(OC)cc2-c2cnc3cc4c(cc3c21)OCO4.CCOC(=O)c1cc2cc(OC)c(OC)cc2c2cnc3cc4c(cc3c12)OCO4.COc1cc2c(cc1OC)-c1cnc3cc4c(cc3c1C(CO)C2)OCO4.COc1cc2cc(C(=O)NCCN(C)C)c3c4cc5c(cc4ncc3c2cc1OC)OCO5. The smallest absolute Gasteiger partial charge is 0.338 e. The molecule has 20 rings (SSSR count). The number of aliphatic hydroxyl groups is 1. The molecule has 6 aliphatic rings. The molecule has 14 aromatic rings. The lowest BCUT2D eigenvalue weighted by Crippen LogP contribution is -2.31. The largest absolute Gasteiger partial charge is 0.493 e. The van der Waals surface area contributed by atoms with Gasteiger partial charge in [0.25, 0.3) is 5.91 Å². The number of pyridine rings is 4. The zero-order valence-electron chi connectivity index (χ0n) is 66.7. The van der Waals surface area contributed by atoms with Crippen molar-refractivity contribution in [2.24, 2.45) is 5.73 Å². The Morgan fingerprint density at radius 2 is 0.805 bits per heavy atom. The number of hydrogen-bond donors (Lipinski definition) is 3. The summed E-state index contributed by atoms with van der Waals surface area (Å²) in [6.45, 7) is 8.21. The van der Waals surface area contributed by atoms with Gasteiger partial charge < -0.3 is 102 Å². The van der Waals surface area contributed by atoms with Crippen LogP contribution in [0.25, 0.3) is 109 Å². The first-order chi connectivity index (χ1) is 57.5. The Bertz CT molecular complexity index is 6470. The molecule has 118 heavy (non-hydrogen) atoms. The third-order valence-electron chi connectivity index (χ3n) is 22.1. The first-order valence-corrected chi connectivity index (χ1v) is 38.0. The number of benzene rings is 10. The van der Waals surface area contributed by atoms with E-state index in [9.17, 15) is 14.7 Å². The minimum atomic E-state index is -0.399. The first kappa shape index (κ1) is 76.7. The van der Waals surface area contributed by atoms with Crippen molar-refractivity contribution < 1.29 is 95.2 Å². The fourth-order valence-electron chi connectivity index (χ4n) is 16.4. The van der Waals surface area contributed by atoms with Crippen molar-refractivity contribution in [1.82, 2.24) is 30.2 Å². The van der Waals surface area contributed by atoms with E-state index in [1.165, 1.54) is 0 Å². The molecule has 0 radical (unpaired) electrons. The maximum Gasteiger partial charge on any atom is 0.338 e. The predicted molar refractivity (Wildman–Crippen MR) is 445 cm³/mol. The summed E-state index contributed by atoms with van der Waals surface area (Å²) in [5, 5.41) is 23.4. The number of likely N-dealkylation sites (N-methyl/N-ethyl adjacent to an activating group) is 1. The van der Waals surface area contributed by atoms with Gasteiger partial charge in [0.1, 0.15) is 0 Å². The number of fused-ring (bicyclic) bond motifs is 24. The van der Waals surface area contributed by atoms with E-state index >= 15 is 0 Å². The summed E-state index contributed by atoms with van der Waals surface area (Å²) in [6.07, 6.45) is 8.76. The molecule has 0 spiro atoms. The number of amides is 1. The number of aliphatic hydroxyl groups excluding tert-OH is 1. The molecule has 602 valence electrons. The molecule has 0 saturated carbocycles. The Balaban J connectivity index is 0.000000113.